The van der Waals surface area contributed by atoms with E-state index in [-0.39, 0.29) is 30.9 Å². The van der Waals surface area contributed by atoms with Crippen LogP contribution in [-0.2, 0) is 4.74 Å². The Morgan fingerprint density at radius 2 is 2.33 bits per heavy atom. The highest BCUT2D eigenvalue weighted by Crippen LogP contribution is 2.27. The second-order valence-electron chi connectivity index (χ2n) is 5.02. The Balaban J connectivity index is 2.15. The van der Waals surface area contributed by atoms with Crippen LogP contribution in [0.5, 0.6) is 0 Å². The Hall–Kier alpha value is -0.880. The molecule has 18 heavy (non-hydrogen) atoms. The topological polar surface area (TPSA) is 71.9 Å². The highest BCUT2D eigenvalue weighted by atomic mass is 16.5. The van der Waals surface area contributed by atoms with Crippen molar-refractivity contribution in [1.82, 2.24) is 4.90 Å². The molecule has 2 rings (SSSR count). The molecular weight excluding hydrogens is 232 g/mol. The van der Waals surface area contributed by atoms with Gasteiger partial charge in [0.25, 0.3) is 0 Å². The van der Waals surface area contributed by atoms with Crippen LogP contribution in [0.2, 0.25) is 0 Å². The summed E-state index contributed by atoms with van der Waals surface area (Å²) in [6.07, 6.45) is 1.61. The molecule has 2 heterocycles. The van der Waals surface area contributed by atoms with Crippen molar-refractivity contribution in [2.75, 3.05) is 19.7 Å². The summed E-state index contributed by atoms with van der Waals surface area (Å²) < 4.78 is 11.1. The van der Waals surface area contributed by atoms with Crippen LogP contribution in [0.1, 0.15) is 25.6 Å². The first kappa shape index (κ1) is 13.5. The lowest BCUT2D eigenvalue weighted by Crippen LogP contribution is -2.52. The average Bonchev–Trinajstić information content (AvgIpc) is 2.81. The Kier molecular flexibility index (Phi) is 4.40. The van der Waals surface area contributed by atoms with Gasteiger partial charge in [0.2, 0.25) is 0 Å². The maximum atomic E-state index is 9.27. The van der Waals surface area contributed by atoms with E-state index < -0.39 is 0 Å². The molecular formula is C13H22N2O3. The molecule has 0 saturated carbocycles. The number of hydrogen-bond donors (Lipinski definition) is 2. The highest BCUT2D eigenvalue weighted by Gasteiger charge is 2.33. The summed E-state index contributed by atoms with van der Waals surface area (Å²) in [5, 5.41) is 9.27. The van der Waals surface area contributed by atoms with Gasteiger partial charge in [-0.2, -0.15) is 0 Å². The third-order valence-corrected chi connectivity index (χ3v) is 3.28. The van der Waals surface area contributed by atoms with E-state index in [9.17, 15) is 5.11 Å². The maximum Gasteiger partial charge on any atom is 0.122 e. The van der Waals surface area contributed by atoms with Gasteiger partial charge in [0, 0.05) is 19.1 Å². The van der Waals surface area contributed by atoms with Crippen LogP contribution in [0.25, 0.3) is 0 Å². The lowest BCUT2D eigenvalue weighted by molar-refractivity contribution is -0.109. The molecule has 1 aromatic rings. The molecule has 5 heteroatoms. The summed E-state index contributed by atoms with van der Waals surface area (Å²) >= 11 is 0. The predicted octanol–water partition coefficient (Wildman–Crippen LogP) is 0.750. The summed E-state index contributed by atoms with van der Waals surface area (Å²) in [7, 11) is 0. The summed E-state index contributed by atoms with van der Waals surface area (Å²) in [4.78, 5) is 2.23. The van der Waals surface area contributed by atoms with Crippen molar-refractivity contribution in [3.8, 4) is 0 Å². The monoisotopic (exact) mass is 254 g/mol. The fraction of sp³-hybridized carbons (Fsp3) is 0.692. The van der Waals surface area contributed by atoms with Crippen molar-refractivity contribution < 1.29 is 14.3 Å². The molecule has 0 aromatic carbocycles. The number of ether oxygens (including phenoxy) is 1. The summed E-state index contributed by atoms with van der Waals surface area (Å²) in [5.74, 6) is 0.871. The lowest BCUT2D eigenvalue weighted by atomic mass is 10.0. The van der Waals surface area contributed by atoms with E-state index in [1.54, 1.807) is 6.26 Å². The zero-order valence-corrected chi connectivity index (χ0v) is 11.0. The first-order valence-electron chi connectivity index (χ1n) is 6.41. The molecule has 1 fully saturated rings. The number of nitrogens with zero attached hydrogens (tertiary/aromatic N) is 1. The maximum absolute atomic E-state index is 9.27. The molecule has 1 aliphatic rings. The molecule has 3 N–H and O–H groups in total. The van der Waals surface area contributed by atoms with Crippen LogP contribution in [0.3, 0.4) is 0 Å². The third kappa shape index (κ3) is 2.92. The van der Waals surface area contributed by atoms with Crippen LogP contribution >= 0.6 is 0 Å². The first-order valence-corrected chi connectivity index (χ1v) is 6.41. The van der Waals surface area contributed by atoms with Gasteiger partial charge in [-0.15, -0.1) is 0 Å². The minimum absolute atomic E-state index is 0.0281. The Labute approximate surface area is 108 Å². The molecule has 0 amide bonds. The average molecular weight is 254 g/mol. The van der Waals surface area contributed by atoms with Gasteiger partial charge in [-0.1, -0.05) is 0 Å². The van der Waals surface area contributed by atoms with E-state index >= 15 is 0 Å². The van der Waals surface area contributed by atoms with Gasteiger partial charge < -0.3 is 20.0 Å². The van der Waals surface area contributed by atoms with Crippen molar-refractivity contribution in [3.63, 3.8) is 0 Å². The summed E-state index contributed by atoms with van der Waals surface area (Å²) in [6.45, 7) is 5.48. The Morgan fingerprint density at radius 3 is 2.89 bits per heavy atom. The molecule has 1 aliphatic heterocycles. The van der Waals surface area contributed by atoms with Crippen LogP contribution in [0.4, 0.5) is 0 Å². The number of nitrogens with two attached hydrogens (primary N) is 1. The number of morpholine rings is 1. The van der Waals surface area contributed by atoms with Gasteiger partial charge in [-0.05, 0) is 26.0 Å². The van der Waals surface area contributed by atoms with E-state index in [4.69, 9.17) is 14.9 Å². The molecule has 0 spiro atoms. The molecule has 1 aromatic heterocycles. The smallest absolute Gasteiger partial charge is 0.122 e. The molecule has 1 saturated heterocycles. The SMILES string of the molecule is CC1CN(C(c2ccco2)C(C)N)CC(CO)O1. The number of furan rings is 1. The first-order chi connectivity index (χ1) is 8.61. The third-order valence-electron chi connectivity index (χ3n) is 3.28. The van der Waals surface area contributed by atoms with Crippen molar-refractivity contribution >= 4 is 0 Å². The fourth-order valence-corrected chi connectivity index (χ4v) is 2.64. The zero-order valence-electron chi connectivity index (χ0n) is 11.0. The number of hydrogen-bond acceptors (Lipinski definition) is 5. The van der Waals surface area contributed by atoms with Crippen LogP contribution in [0.15, 0.2) is 22.8 Å². The Morgan fingerprint density at radius 1 is 1.56 bits per heavy atom. The molecule has 5 nitrogen and oxygen atoms in total. The van der Waals surface area contributed by atoms with E-state index in [1.807, 2.05) is 26.0 Å². The number of aliphatic hydroxyl groups excluding tert-OH is 1. The molecule has 0 aliphatic carbocycles. The molecule has 0 radical (unpaired) electrons. The van der Waals surface area contributed by atoms with E-state index in [0.29, 0.717) is 6.54 Å². The fourth-order valence-electron chi connectivity index (χ4n) is 2.64. The molecule has 4 atom stereocenters. The van der Waals surface area contributed by atoms with Crippen LogP contribution in [0, 0.1) is 0 Å². The van der Waals surface area contributed by atoms with Gasteiger partial charge in [0.05, 0.1) is 31.1 Å². The van der Waals surface area contributed by atoms with E-state index in [2.05, 4.69) is 4.90 Å². The lowest BCUT2D eigenvalue weighted by Gasteiger charge is -2.41. The van der Waals surface area contributed by atoms with Gasteiger partial charge in [-0.25, -0.2) is 0 Å². The Bertz CT molecular complexity index is 353. The molecule has 102 valence electrons. The van der Waals surface area contributed by atoms with Gasteiger partial charge in [0.1, 0.15) is 5.76 Å². The molecule has 0 bridgehead atoms. The number of aliphatic hydroxyl groups is 1. The normalized spacial score (nSPS) is 29.1. The van der Waals surface area contributed by atoms with Gasteiger partial charge >= 0.3 is 0 Å². The van der Waals surface area contributed by atoms with Crippen LogP contribution < -0.4 is 5.73 Å². The van der Waals surface area contributed by atoms with Crippen molar-refractivity contribution in [2.24, 2.45) is 5.73 Å². The second-order valence-corrected chi connectivity index (χ2v) is 5.02. The summed E-state index contributed by atoms with van der Waals surface area (Å²) in [6, 6.07) is 3.81. The predicted molar refractivity (Wildman–Crippen MR) is 68.1 cm³/mol. The standard InChI is InChI=1S/C13H22N2O3/c1-9-6-15(7-11(8-16)18-9)13(10(2)14)12-4-3-5-17-12/h3-5,9-11,13,16H,6-8,14H2,1-2H3. The molecule has 4 unspecified atom stereocenters. The van der Waals surface area contributed by atoms with Crippen molar-refractivity contribution in [2.45, 2.75) is 38.1 Å². The van der Waals surface area contributed by atoms with Gasteiger partial charge in [0.15, 0.2) is 0 Å². The quantitative estimate of drug-likeness (QED) is 0.829. The van der Waals surface area contributed by atoms with Crippen molar-refractivity contribution in [3.05, 3.63) is 24.2 Å². The highest BCUT2D eigenvalue weighted by molar-refractivity contribution is 5.08. The minimum Gasteiger partial charge on any atom is -0.468 e. The van der Waals surface area contributed by atoms with Crippen molar-refractivity contribution in [1.29, 1.82) is 0 Å². The van der Waals surface area contributed by atoms with Gasteiger partial charge in [-0.3, -0.25) is 4.90 Å². The number of rotatable bonds is 4. The summed E-state index contributed by atoms with van der Waals surface area (Å²) in [5.41, 5.74) is 6.09. The minimum atomic E-state index is -0.148. The van der Waals surface area contributed by atoms with Crippen LogP contribution in [-0.4, -0.2) is 48.0 Å². The van der Waals surface area contributed by atoms with E-state index in [0.717, 1.165) is 12.3 Å². The largest absolute Gasteiger partial charge is 0.468 e. The van der Waals surface area contributed by atoms with E-state index in [1.165, 1.54) is 0 Å². The zero-order chi connectivity index (χ0) is 13.1. The second kappa shape index (κ2) is 5.84.